The lowest BCUT2D eigenvalue weighted by Gasteiger charge is -2.09. The molecule has 0 saturated heterocycles. The molecule has 0 unspecified atom stereocenters. The van der Waals surface area contributed by atoms with E-state index in [2.05, 4.69) is 5.16 Å². The average Bonchev–Trinajstić information content (AvgIpc) is 3.15. The van der Waals surface area contributed by atoms with Gasteiger partial charge in [-0.1, -0.05) is 29.4 Å². The highest BCUT2D eigenvalue weighted by Crippen LogP contribution is 2.22. The molecule has 114 valence electrons. The number of benzene rings is 1. The molecule has 0 amide bonds. The molecule has 0 N–H and O–H groups in total. The zero-order chi connectivity index (χ0) is 15.4. The van der Waals surface area contributed by atoms with Crippen molar-refractivity contribution in [1.82, 2.24) is 9.72 Å². The van der Waals surface area contributed by atoms with Crippen molar-refractivity contribution in [3.63, 3.8) is 0 Å². The van der Waals surface area contributed by atoms with E-state index in [1.165, 1.54) is 11.3 Å². The monoisotopic (exact) mass is 316 g/mol. The molecule has 2 aromatic heterocycles. The number of nitrogens with zero attached hydrogens (tertiary/aromatic N) is 2. The van der Waals surface area contributed by atoms with E-state index in [9.17, 15) is 4.79 Å². The van der Waals surface area contributed by atoms with Gasteiger partial charge >= 0.3 is 5.76 Å². The van der Waals surface area contributed by atoms with Crippen molar-refractivity contribution in [1.29, 1.82) is 0 Å². The van der Waals surface area contributed by atoms with Gasteiger partial charge in [-0.15, -0.1) is 11.3 Å². The quantitative estimate of drug-likeness (QED) is 0.654. The highest BCUT2D eigenvalue weighted by molar-refractivity contribution is 7.13. The summed E-state index contributed by atoms with van der Waals surface area (Å²) in [7, 11) is 0. The van der Waals surface area contributed by atoms with Gasteiger partial charge in [-0.2, -0.15) is 0 Å². The largest absolute Gasteiger partial charge is 0.493 e. The van der Waals surface area contributed by atoms with Crippen LogP contribution in [0.15, 0.2) is 51.1 Å². The predicted molar refractivity (Wildman–Crippen MR) is 85.4 cm³/mol. The van der Waals surface area contributed by atoms with Gasteiger partial charge in [-0.05, 0) is 36.4 Å². The van der Waals surface area contributed by atoms with Gasteiger partial charge in [0.05, 0.1) is 11.5 Å². The van der Waals surface area contributed by atoms with Crippen LogP contribution in [0.5, 0.6) is 5.75 Å². The maximum atomic E-state index is 11.8. The molecule has 0 spiro atoms. The number of aromatic nitrogens is 2. The van der Waals surface area contributed by atoms with Crippen LogP contribution in [0.25, 0.3) is 10.7 Å². The van der Waals surface area contributed by atoms with E-state index < -0.39 is 5.76 Å². The number of para-hydroxylation sites is 1. The Morgan fingerprint density at radius 3 is 2.91 bits per heavy atom. The van der Waals surface area contributed by atoms with Gasteiger partial charge < -0.3 is 4.74 Å². The molecule has 5 nitrogen and oxygen atoms in total. The van der Waals surface area contributed by atoms with E-state index in [-0.39, 0.29) is 0 Å². The maximum Gasteiger partial charge on any atom is 0.441 e. The zero-order valence-electron chi connectivity index (χ0n) is 12.2. The second kappa shape index (κ2) is 6.62. The van der Waals surface area contributed by atoms with Crippen molar-refractivity contribution >= 4 is 11.3 Å². The lowest BCUT2D eigenvalue weighted by Crippen LogP contribution is -2.17. The molecule has 0 atom stereocenters. The van der Waals surface area contributed by atoms with Crippen LogP contribution in [0.1, 0.15) is 12.0 Å². The third-order valence-electron chi connectivity index (χ3n) is 3.31. The molecule has 0 radical (unpaired) electrons. The first-order valence-corrected chi connectivity index (χ1v) is 7.92. The lowest BCUT2D eigenvalue weighted by molar-refractivity contribution is 0.296. The third kappa shape index (κ3) is 3.12. The standard InChI is InChI=1S/C16H16N2O3S/c1-12-6-2-3-7-13(12)20-10-5-9-18-15(17-21-16(18)19)14-8-4-11-22-14/h2-4,6-8,11H,5,9-10H2,1H3. The lowest BCUT2D eigenvalue weighted by atomic mass is 10.2. The van der Waals surface area contributed by atoms with Gasteiger partial charge in [0.1, 0.15) is 5.75 Å². The van der Waals surface area contributed by atoms with Crippen molar-refractivity contribution < 1.29 is 9.26 Å². The highest BCUT2D eigenvalue weighted by atomic mass is 32.1. The first kappa shape index (κ1) is 14.6. The fraction of sp³-hybridized carbons (Fsp3) is 0.250. The smallest absolute Gasteiger partial charge is 0.441 e. The Bertz CT molecular complexity index is 790. The van der Waals surface area contributed by atoms with Crippen LogP contribution in [-0.4, -0.2) is 16.3 Å². The predicted octanol–water partition coefficient (Wildman–Crippen LogP) is 3.34. The molecule has 0 bridgehead atoms. The Balaban J connectivity index is 1.62. The summed E-state index contributed by atoms with van der Waals surface area (Å²) in [5, 5.41) is 5.80. The van der Waals surface area contributed by atoms with Crippen molar-refractivity contribution in [3.05, 3.63) is 57.9 Å². The van der Waals surface area contributed by atoms with Gasteiger partial charge in [0, 0.05) is 6.54 Å². The summed E-state index contributed by atoms with van der Waals surface area (Å²) < 4.78 is 12.1. The highest BCUT2D eigenvalue weighted by Gasteiger charge is 2.13. The van der Waals surface area contributed by atoms with E-state index in [0.717, 1.165) is 16.2 Å². The molecule has 2 heterocycles. The molecule has 22 heavy (non-hydrogen) atoms. The van der Waals surface area contributed by atoms with E-state index in [1.807, 2.05) is 48.7 Å². The van der Waals surface area contributed by atoms with Crippen LogP contribution in [0.2, 0.25) is 0 Å². The van der Waals surface area contributed by atoms with Crippen molar-refractivity contribution in [2.75, 3.05) is 6.61 Å². The summed E-state index contributed by atoms with van der Waals surface area (Å²) in [5.74, 6) is 1.02. The summed E-state index contributed by atoms with van der Waals surface area (Å²) >= 11 is 1.53. The minimum atomic E-state index is -0.431. The molecule has 0 aliphatic heterocycles. The molecule has 0 saturated carbocycles. The second-order valence-corrected chi connectivity index (χ2v) is 5.82. The summed E-state index contributed by atoms with van der Waals surface area (Å²) in [6, 6.07) is 11.7. The topological polar surface area (TPSA) is 57.3 Å². The van der Waals surface area contributed by atoms with Gasteiger partial charge in [-0.25, -0.2) is 4.79 Å². The van der Waals surface area contributed by atoms with Crippen LogP contribution in [0, 0.1) is 6.92 Å². The number of rotatable bonds is 6. The minimum absolute atomic E-state index is 0.431. The molecule has 3 rings (SSSR count). The number of aryl methyl sites for hydroxylation is 1. The van der Waals surface area contributed by atoms with Crippen LogP contribution in [0.3, 0.4) is 0 Å². The summed E-state index contributed by atoms with van der Waals surface area (Å²) in [4.78, 5) is 12.7. The molecule has 1 aromatic carbocycles. The Hall–Kier alpha value is -2.34. The van der Waals surface area contributed by atoms with E-state index >= 15 is 0 Å². The van der Waals surface area contributed by atoms with Crippen LogP contribution in [-0.2, 0) is 6.54 Å². The SMILES string of the molecule is Cc1ccccc1OCCCn1c(-c2cccs2)noc1=O. The normalized spacial score (nSPS) is 10.8. The Morgan fingerprint density at radius 1 is 1.27 bits per heavy atom. The van der Waals surface area contributed by atoms with E-state index in [1.54, 1.807) is 4.57 Å². The summed E-state index contributed by atoms with van der Waals surface area (Å²) in [6.45, 7) is 3.06. The number of hydrogen-bond donors (Lipinski definition) is 0. The Morgan fingerprint density at radius 2 is 2.14 bits per heavy atom. The molecular formula is C16H16N2O3S. The second-order valence-electron chi connectivity index (χ2n) is 4.87. The Kier molecular flexibility index (Phi) is 4.39. The van der Waals surface area contributed by atoms with Crippen molar-refractivity contribution in [2.24, 2.45) is 0 Å². The molecule has 3 aromatic rings. The number of ether oxygens (including phenoxy) is 1. The third-order valence-corrected chi connectivity index (χ3v) is 4.17. The zero-order valence-corrected chi connectivity index (χ0v) is 13.0. The van der Waals surface area contributed by atoms with E-state index in [4.69, 9.17) is 9.26 Å². The van der Waals surface area contributed by atoms with Crippen LogP contribution in [0.4, 0.5) is 0 Å². The van der Waals surface area contributed by atoms with Gasteiger partial charge in [0.25, 0.3) is 0 Å². The first-order chi connectivity index (χ1) is 10.8. The Labute approximate surface area is 131 Å². The molecular weight excluding hydrogens is 300 g/mol. The summed E-state index contributed by atoms with van der Waals surface area (Å²) in [6.07, 6.45) is 0.702. The summed E-state index contributed by atoms with van der Waals surface area (Å²) in [5.41, 5.74) is 1.10. The maximum absolute atomic E-state index is 11.8. The van der Waals surface area contributed by atoms with Gasteiger partial charge in [-0.3, -0.25) is 9.09 Å². The first-order valence-electron chi connectivity index (χ1n) is 7.04. The number of hydrogen-bond acceptors (Lipinski definition) is 5. The van der Waals surface area contributed by atoms with Crippen LogP contribution < -0.4 is 10.5 Å². The molecule has 0 aliphatic carbocycles. The molecule has 0 fully saturated rings. The molecule has 6 heteroatoms. The minimum Gasteiger partial charge on any atom is -0.493 e. The van der Waals surface area contributed by atoms with Crippen molar-refractivity contribution in [2.45, 2.75) is 19.9 Å². The number of thiophene rings is 1. The van der Waals surface area contributed by atoms with Gasteiger partial charge in [0.2, 0.25) is 0 Å². The van der Waals surface area contributed by atoms with E-state index in [0.29, 0.717) is 25.4 Å². The van der Waals surface area contributed by atoms with Crippen molar-refractivity contribution in [3.8, 4) is 16.5 Å². The van der Waals surface area contributed by atoms with Crippen LogP contribution >= 0.6 is 11.3 Å². The average molecular weight is 316 g/mol. The molecule has 0 aliphatic rings. The fourth-order valence-corrected chi connectivity index (χ4v) is 2.89. The van der Waals surface area contributed by atoms with Gasteiger partial charge in [0.15, 0.2) is 5.82 Å². The fourth-order valence-electron chi connectivity index (χ4n) is 2.17.